The topological polar surface area (TPSA) is 139 Å². The number of nitrogens with zero attached hydrogens (tertiary/aromatic N) is 1. The smallest absolute Gasteiger partial charge is 0.294 e. The molecule has 2 heterocycles. The van der Waals surface area contributed by atoms with Crippen LogP contribution in [0, 0.1) is 26.6 Å². The predicted octanol–water partition coefficient (Wildman–Crippen LogP) is 2.22. The molecule has 1 aliphatic carbocycles. The summed E-state index contributed by atoms with van der Waals surface area (Å²) < 4.78 is 20.5. The highest BCUT2D eigenvalue weighted by Gasteiger charge is 2.48. The van der Waals surface area contributed by atoms with Gasteiger partial charge >= 0.3 is 0 Å². The van der Waals surface area contributed by atoms with Crippen molar-refractivity contribution in [1.29, 1.82) is 0 Å². The van der Waals surface area contributed by atoms with Crippen molar-refractivity contribution in [1.82, 2.24) is 15.2 Å². The Bertz CT molecular complexity index is 1340. The molecule has 0 unspecified atom stereocenters. The zero-order chi connectivity index (χ0) is 28.7. The van der Waals surface area contributed by atoms with Crippen molar-refractivity contribution in [3.8, 4) is 0 Å². The number of nitrogens with one attached hydrogen (secondary N) is 3. The van der Waals surface area contributed by atoms with Crippen LogP contribution in [-0.4, -0.2) is 63.6 Å². The van der Waals surface area contributed by atoms with Gasteiger partial charge < -0.3 is 30.4 Å². The molecule has 210 valence electrons. The van der Waals surface area contributed by atoms with Gasteiger partial charge in [-0.2, -0.15) is 0 Å². The number of aliphatic hydroxyl groups excluding tert-OH is 1. The summed E-state index contributed by atoms with van der Waals surface area (Å²) in [6, 6.07) is 4.20. The molecule has 2 fully saturated rings. The molecule has 1 saturated heterocycles. The summed E-state index contributed by atoms with van der Waals surface area (Å²) in [5.41, 5.74) is -0.129. The van der Waals surface area contributed by atoms with Crippen molar-refractivity contribution in [3.63, 3.8) is 0 Å². The van der Waals surface area contributed by atoms with Crippen molar-refractivity contribution in [3.05, 3.63) is 52.1 Å². The first-order chi connectivity index (χ1) is 18.3. The highest BCUT2D eigenvalue weighted by Crippen LogP contribution is 2.33. The molecule has 4 N–H and O–H groups in total. The van der Waals surface area contributed by atoms with Gasteiger partial charge in [0.25, 0.3) is 17.6 Å². The third-order valence-corrected chi connectivity index (χ3v) is 7.92. The van der Waals surface area contributed by atoms with Gasteiger partial charge in [-0.1, -0.05) is 0 Å². The second kappa shape index (κ2) is 10.5. The standard InChI is InChI=1S/C28H35FN4O6/c1-15-12-18(6-7-20(15)29)30-24(36)21-16(2)22(33(5)17(21)3)23(35)25(37)31-28(8-10-39-11-9-28)26(38)32-27(4)13-19(34)14-27/h6-7,12,19,34H,8-11,13-14H2,1-5H3,(H,30,36)(H,31,37)(H,32,38). The number of amides is 3. The molecular formula is C28H35FN4O6. The normalized spacial score (nSPS) is 22.0. The Balaban J connectivity index is 1.56. The van der Waals surface area contributed by atoms with E-state index in [9.17, 15) is 28.7 Å². The van der Waals surface area contributed by atoms with Crippen LogP contribution in [0.4, 0.5) is 10.1 Å². The van der Waals surface area contributed by atoms with Gasteiger partial charge in [0.15, 0.2) is 0 Å². The van der Waals surface area contributed by atoms with E-state index in [4.69, 9.17) is 4.74 Å². The number of aryl methyl sites for hydroxylation is 1. The number of aliphatic hydroxyl groups is 1. The molecule has 39 heavy (non-hydrogen) atoms. The number of carbonyl (C=O) groups excluding carboxylic acids is 4. The average Bonchev–Trinajstić information content (AvgIpc) is 3.08. The maximum atomic E-state index is 13.6. The first-order valence-electron chi connectivity index (χ1n) is 13.0. The maximum Gasteiger partial charge on any atom is 0.294 e. The van der Waals surface area contributed by atoms with Crippen LogP contribution in [0.2, 0.25) is 0 Å². The minimum absolute atomic E-state index is 0.0298. The molecule has 4 rings (SSSR count). The van der Waals surface area contributed by atoms with Crippen molar-refractivity contribution < 1.29 is 33.4 Å². The summed E-state index contributed by atoms with van der Waals surface area (Å²) in [4.78, 5) is 53.3. The third kappa shape index (κ3) is 5.46. The lowest BCUT2D eigenvalue weighted by Gasteiger charge is -2.46. The van der Waals surface area contributed by atoms with E-state index in [2.05, 4.69) is 16.0 Å². The molecule has 2 aromatic rings. The molecule has 1 aromatic heterocycles. The van der Waals surface area contributed by atoms with Crippen LogP contribution in [0.25, 0.3) is 0 Å². The van der Waals surface area contributed by atoms with E-state index >= 15 is 0 Å². The molecule has 3 amide bonds. The number of aromatic nitrogens is 1. The van der Waals surface area contributed by atoms with Crippen LogP contribution in [0.3, 0.4) is 0 Å². The van der Waals surface area contributed by atoms with E-state index in [0.717, 1.165) is 0 Å². The van der Waals surface area contributed by atoms with Gasteiger partial charge in [-0.3, -0.25) is 19.2 Å². The van der Waals surface area contributed by atoms with Gasteiger partial charge in [0.2, 0.25) is 5.91 Å². The first-order valence-corrected chi connectivity index (χ1v) is 13.0. The van der Waals surface area contributed by atoms with E-state index in [1.54, 1.807) is 27.8 Å². The first kappa shape index (κ1) is 28.4. The summed E-state index contributed by atoms with van der Waals surface area (Å²) in [6.07, 6.45) is 0.697. The number of ketones is 1. The molecule has 1 aromatic carbocycles. The lowest BCUT2D eigenvalue weighted by Crippen LogP contribution is -2.67. The molecule has 2 aliphatic rings. The lowest BCUT2D eigenvalue weighted by atomic mass is 9.75. The van der Waals surface area contributed by atoms with Crippen LogP contribution in [0.1, 0.15) is 70.3 Å². The second-order valence-corrected chi connectivity index (χ2v) is 11.0. The number of halogens is 1. The monoisotopic (exact) mass is 542 g/mol. The second-order valence-electron chi connectivity index (χ2n) is 11.0. The van der Waals surface area contributed by atoms with Gasteiger partial charge in [0, 0.05) is 50.0 Å². The Morgan fingerprint density at radius 1 is 1.08 bits per heavy atom. The molecule has 10 nitrogen and oxygen atoms in total. The van der Waals surface area contributed by atoms with Crippen LogP contribution < -0.4 is 16.0 Å². The number of Topliss-reactive ketones (excluding diaryl/α,β-unsaturated/α-hetero) is 1. The Labute approximate surface area is 226 Å². The molecule has 0 bridgehead atoms. The molecule has 0 spiro atoms. The fourth-order valence-electron chi connectivity index (χ4n) is 5.54. The van der Waals surface area contributed by atoms with Crippen LogP contribution in [-0.2, 0) is 21.4 Å². The quantitative estimate of drug-likeness (QED) is 0.313. The van der Waals surface area contributed by atoms with Crippen LogP contribution in [0.15, 0.2) is 18.2 Å². The fraction of sp³-hybridized carbons (Fsp3) is 0.500. The van der Waals surface area contributed by atoms with Crippen molar-refractivity contribution in [2.75, 3.05) is 18.5 Å². The zero-order valence-corrected chi connectivity index (χ0v) is 22.9. The third-order valence-electron chi connectivity index (χ3n) is 7.92. The lowest BCUT2D eigenvalue weighted by molar-refractivity contribution is -0.140. The Kier molecular flexibility index (Phi) is 7.68. The number of carbonyl (C=O) groups is 4. The summed E-state index contributed by atoms with van der Waals surface area (Å²) in [5.74, 6) is -3.15. The Morgan fingerprint density at radius 2 is 1.72 bits per heavy atom. The highest BCUT2D eigenvalue weighted by molar-refractivity contribution is 6.43. The summed E-state index contributed by atoms with van der Waals surface area (Å²) >= 11 is 0. The minimum Gasteiger partial charge on any atom is -0.393 e. The molecule has 1 aliphatic heterocycles. The summed E-state index contributed by atoms with van der Waals surface area (Å²) in [5, 5.41) is 18.0. The van der Waals surface area contributed by atoms with Gasteiger partial charge in [-0.05, 0) is 69.9 Å². The average molecular weight is 543 g/mol. The SMILES string of the molecule is Cc1cc(NC(=O)c2c(C)c(C(=O)C(=O)NC3(C(=O)NC4(C)CC(O)C4)CCOCC3)n(C)c2C)ccc1F. The van der Waals surface area contributed by atoms with E-state index in [0.29, 0.717) is 35.3 Å². The van der Waals surface area contributed by atoms with Gasteiger partial charge in [-0.25, -0.2) is 4.39 Å². The number of benzene rings is 1. The van der Waals surface area contributed by atoms with Gasteiger partial charge in [0.1, 0.15) is 11.4 Å². The van der Waals surface area contributed by atoms with E-state index < -0.39 is 46.5 Å². The number of ether oxygens (including phenoxy) is 1. The molecule has 11 heteroatoms. The van der Waals surface area contributed by atoms with Crippen molar-refractivity contribution in [2.45, 2.75) is 70.6 Å². The number of anilines is 1. The van der Waals surface area contributed by atoms with E-state index in [1.807, 2.05) is 6.92 Å². The van der Waals surface area contributed by atoms with Crippen molar-refractivity contribution in [2.24, 2.45) is 7.05 Å². The molecule has 0 atom stereocenters. The largest absolute Gasteiger partial charge is 0.393 e. The number of hydrogen-bond acceptors (Lipinski definition) is 6. The van der Waals surface area contributed by atoms with E-state index in [1.165, 1.54) is 22.8 Å². The highest BCUT2D eigenvalue weighted by atomic mass is 19.1. The van der Waals surface area contributed by atoms with Crippen LogP contribution >= 0.6 is 0 Å². The molecule has 1 saturated carbocycles. The molecular weight excluding hydrogens is 507 g/mol. The predicted molar refractivity (Wildman–Crippen MR) is 141 cm³/mol. The van der Waals surface area contributed by atoms with Gasteiger partial charge in [-0.15, -0.1) is 0 Å². The van der Waals surface area contributed by atoms with Gasteiger partial charge in [0.05, 0.1) is 17.4 Å². The minimum atomic E-state index is -1.34. The Morgan fingerprint density at radius 3 is 2.31 bits per heavy atom. The Hall–Kier alpha value is -3.57. The fourth-order valence-corrected chi connectivity index (χ4v) is 5.54. The van der Waals surface area contributed by atoms with E-state index in [-0.39, 0.29) is 37.3 Å². The summed E-state index contributed by atoms with van der Waals surface area (Å²) in [7, 11) is 1.58. The van der Waals surface area contributed by atoms with Crippen molar-refractivity contribution >= 4 is 29.2 Å². The van der Waals surface area contributed by atoms with Crippen LogP contribution in [0.5, 0.6) is 0 Å². The number of hydrogen-bond donors (Lipinski definition) is 4. The maximum absolute atomic E-state index is 13.6. The molecule has 0 radical (unpaired) electrons. The number of rotatable bonds is 7. The zero-order valence-electron chi connectivity index (χ0n) is 22.9. The summed E-state index contributed by atoms with van der Waals surface area (Å²) in [6.45, 7) is 7.12.